The zero-order valence-corrected chi connectivity index (χ0v) is 11.9. The number of hydrogen-bond donors (Lipinski definition) is 1. The van der Waals surface area contributed by atoms with Gasteiger partial charge in [-0.25, -0.2) is 4.98 Å². The number of carbonyl (C=O) groups excluding carboxylic acids is 1. The second-order valence-electron chi connectivity index (χ2n) is 5.03. The minimum Gasteiger partial charge on any atom is -0.481 e. The Balaban J connectivity index is 1.95. The lowest BCUT2D eigenvalue weighted by molar-refractivity contribution is -0.147. The molecule has 2 heterocycles. The van der Waals surface area contributed by atoms with E-state index in [1.54, 1.807) is 4.90 Å². The van der Waals surface area contributed by atoms with Crippen molar-refractivity contribution >= 4 is 23.2 Å². The van der Waals surface area contributed by atoms with Gasteiger partial charge < -0.3 is 10.0 Å². The molecule has 1 saturated heterocycles. The van der Waals surface area contributed by atoms with E-state index in [2.05, 4.69) is 4.98 Å². The van der Waals surface area contributed by atoms with E-state index < -0.39 is 5.97 Å². The molecule has 2 rings (SSSR count). The molecule has 0 aliphatic carbocycles. The average molecular weight is 282 g/mol. The van der Waals surface area contributed by atoms with E-state index >= 15 is 0 Å². The van der Waals surface area contributed by atoms with Crippen LogP contribution in [-0.2, 0) is 16.0 Å². The Morgan fingerprint density at radius 1 is 1.58 bits per heavy atom. The van der Waals surface area contributed by atoms with Crippen molar-refractivity contribution in [2.75, 3.05) is 6.54 Å². The first kappa shape index (κ1) is 14.0. The number of amides is 1. The summed E-state index contributed by atoms with van der Waals surface area (Å²) < 4.78 is 0. The van der Waals surface area contributed by atoms with Crippen LogP contribution in [0.4, 0.5) is 0 Å². The first-order chi connectivity index (χ1) is 8.97. The van der Waals surface area contributed by atoms with Gasteiger partial charge in [-0.05, 0) is 26.7 Å². The number of piperidine rings is 1. The molecule has 0 unspecified atom stereocenters. The number of aliphatic carboxylic acids is 1. The summed E-state index contributed by atoms with van der Waals surface area (Å²) in [5.41, 5.74) is 0.806. The summed E-state index contributed by atoms with van der Waals surface area (Å²) in [5.74, 6) is -1.03. The number of thiazole rings is 1. The van der Waals surface area contributed by atoms with Crippen molar-refractivity contribution in [3.63, 3.8) is 0 Å². The number of rotatable bonds is 3. The van der Waals surface area contributed by atoms with Crippen LogP contribution in [-0.4, -0.2) is 39.5 Å². The molecule has 0 spiro atoms. The van der Waals surface area contributed by atoms with Crippen molar-refractivity contribution in [3.8, 4) is 0 Å². The van der Waals surface area contributed by atoms with Gasteiger partial charge in [-0.2, -0.15) is 0 Å². The maximum atomic E-state index is 12.2. The summed E-state index contributed by atoms with van der Waals surface area (Å²) in [5, 5.41) is 11.9. The summed E-state index contributed by atoms with van der Waals surface area (Å²) in [6, 6.07) is -0.0120. The largest absolute Gasteiger partial charge is 0.481 e. The lowest BCUT2D eigenvalue weighted by atomic mass is 9.91. The predicted octanol–water partition coefficient (Wildman–Crippen LogP) is 1.71. The standard InChI is InChI=1S/C13H18N2O3S/c1-8-5-10(13(17)18)3-4-15(8)12(16)6-11-7-19-9(2)14-11/h7-8,10H,3-6H2,1-2H3,(H,17,18)/t8-,10-/m1/s1. The van der Waals surface area contributed by atoms with E-state index in [9.17, 15) is 9.59 Å². The average Bonchev–Trinajstić information content (AvgIpc) is 2.74. The third-order valence-electron chi connectivity index (χ3n) is 3.54. The summed E-state index contributed by atoms with van der Waals surface area (Å²) in [7, 11) is 0. The van der Waals surface area contributed by atoms with E-state index in [1.807, 2.05) is 19.2 Å². The molecule has 1 aromatic rings. The van der Waals surface area contributed by atoms with Crippen molar-refractivity contribution in [2.45, 2.75) is 39.2 Å². The van der Waals surface area contributed by atoms with Crippen LogP contribution in [0.2, 0.25) is 0 Å². The van der Waals surface area contributed by atoms with Gasteiger partial charge in [0.05, 0.1) is 23.0 Å². The molecule has 1 fully saturated rings. The summed E-state index contributed by atoms with van der Waals surface area (Å²) in [6.07, 6.45) is 1.39. The molecule has 0 aromatic carbocycles. The summed E-state index contributed by atoms with van der Waals surface area (Å²) in [4.78, 5) is 29.2. The number of likely N-dealkylation sites (tertiary alicyclic amines) is 1. The molecule has 19 heavy (non-hydrogen) atoms. The Morgan fingerprint density at radius 3 is 2.84 bits per heavy atom. The third kappa shape index (κ3) is 3.32. The third-order valence-corrected chi connectivity index (χ3v) is 4.37. The fourth-order valence-electron chi connectivity index (χ4n) is 2.51. The molecule has 1 aliphatic rings. The Bertz CT molecular complexity index is 486. The quantitative estimate of drug-likeness (QED) is 0.916. The smallest absolute Gasteiger partial charge is 0.306 e. The van der Waals surface area contributed by atoms with Crippen LogP contribution in [0.25, 0.3) is 0 Å². The first-order valence-corrected chi connectivity index (χ1v) is 7.28. The summed E-state index contributed by atoms with van der Waals surface area (Å²) >= 11 is 1.54. The monoisotopic (exact) mass is 282 g/mol. The molecule has 0 bridgehead atoms. The number of aromatic nitrogens is 1. The molecular formula is C13H18N2O3S. The Labute approximate surface area is 116 Å². The number of hydrogen-bond acceptors (Lipinski definition) is 4. The normalized spacial score (nSPS) is 23.4. The van der Waals surface area contributed by atoms with Gasteiger partial charge in [-0.3, -0.25) is 9.59 Å². The van der Waals surface area contributed by atoms with Gasteiger partial charge >= 0.3 is 5.97 Å². The van der Waals surface area contributed by atoms with Crippen molar-refractivity contribution in [2.24, 2.45) is 5.92 Å². The molecule has 0 saturated carbocycles. The van der Waals surface area contributed by atoms with E-state index in [0.29, 0.717) is 25.8 Å². The molecule has 104 valence electrons. The van der Waals surface area contributed by atoms with Crippen molar-refractivity contribution in [1.29, 1.82) is 0 Å². The van der Waals surface area contributed by atoms with Gasteiger partial charge in [0.25, 0.3) is 0 Å². The number of carboxylic acids is 1. The number of carbonyl (C=O) groups is 2. The van der Waals surface area contributed by atoms with Gasteiger partial charge in [0.1, 0.15) is 0 Å². The zero-order valence-electron chi connectivity index (χ0n) is 11.1. The van der Waals surface area contributed by atoms with Gasteiger partial charge in [0.15, 0.2) is 0 Å². The molecule has 1 aliphatic heterocycles. The minimum atomic E-state index is -0.755. The number of nitrogens with zero attached hydrogens (tertiary/aromatic N) is 2. The van der Waals surface area contributed by atoms with Crippen LogP contribution in [0.15, 0.2) is 5.38 Å². The van der Waals surface area contributed by atoms with Crippen LogP contribution in [0.1, 0.15) is 30.5 Å². The van der Waals surface area contributed by atoms with Crippen molar-refractivity contribution in [1.82, 2.24) is 9.88 Å². The second kappa shape index (κ2) is 5.69. The molecule has 1 amide bonds. The highest BCUT2D eigenvalue weighted by Gasteiger charge is 2.32. The van der Waals surface area contributed by atoms with E-state index in [4.69, 9.17) is 5.11 Å². The molecule has 6 heteroatoms. The Hall–Kier alpha value is -1.43. The van der Waals surface area contributed by atoms with Gasteiger partial charge in [-0.1, -0.05) is 0 Å². The Morgan fingerprint density at radius 2 is 2.32 bits per heavy atom. The molecule has 5 nitrogen and oxygen atoms in total. The van der Waals surface area contributed by atoms with Crippen LogP contribution < -0.4 is 0 Å². The lowest BCUT2D eigenvalue weighted by Gasteiger charge is -2.36. The maximum absolute atomic E-state index is 12.2. The first-order valence-electron chi connectivity index (χ1n) is 6.40. The lowest BCUT2D eigenvalue weighted by Crippen LogP contribution is -2.46. The van der Waals surface area contributed by atoms with E-state index in [1.165, 1.54) is 11.3 Å². The van der Waals surface area contributed by atoms with E-state index in [-0.39, 0.29) is 17.9 Å². The van der Waals surface area contributed by atoms with Crippen LogP contribution >= 0.6 is 11.3 Å². The zero-order chi connectivity index (χ0) is 14.0. The maximum Gasteiger partial charge on any atom is 0.306 e. The second-order valence-corrected chi connectivity index (χ2v) is 6.09. The SMILES string of the molecule is Cc1nc(CC(=O)N2CC[C@@H](C(=O)O)C[C@H]2C)cs1. The van der Waals surface area contributed by atoms with Crippen molar-refractivity contribution in [3.05, 3.63) is 16.1 Å². The van der Waals surface area contributed by atoms with Crippen LogP contribution in [0, 0.1) is 12.8 Å². The fourth-order valence-corrected chi connectivity index (χ4v) is 3.13. The van der Waals surface area contributed by atoms with Gasteiger partial charge in [0, 0.05) is 18.0 Å². The van der Waals surface area contributed by atoms with Gasteiger partial charge in [-0.15, -0.1) is 11.3 Å². The van der Waals surface area contributed by atoms with Crippen LogP contribution in [0.3, 0.4) is 0 Å². The predicted molar refractivity (Wildman–Crippen MR) is 72.1 cm³/mol. The van der Waals surface area contributed by atoms with E-state index in [0.717, 1.165) is 10.7 Å². The molecule has 0 radical (unpaired) electrons. The molecular weight excluding hydrogens is 264 g/mol. The molecule has 1 N–H and O–H groups in total. The number of carboxylic acid groups (broad SMARTS) is 1. The fraction of sp³-hybridized carbons (Fsp3) is 0.615. The Kier molecular flexibility index (Phi) is 4.19. The highest BCUT2D eigenvalue weighted by Crippen LogP contribution is 2.23. The highest BCUT2D eigenvalue weighted by molar-refractivity contribution is 7.09. The van der Waals surface area contributed by atoms with Crippen molar-refractivity contribution < 1.29 is 14.7 Å². The molecule has 1 aromatic heterocycles. The van der Waals surface area contributed by atoms with Crippen LogP contribution in [0.5, 0.6) is 0 Å². The summed E-state index contributed by atoms with van der Waals surface area (Å²) in [6.45, 7) is 4.36. The minimum absolute atomic E-state index is 0.0120. The number of aryl methyl sites for hydroxylation is 1. The molecule has 2 atom stereocenters. The topological polar surface area (TPSA) is 70.5 Å². The highest BCUT2D eigenvalue weighted by atomic mass is 32.1. The van der Waals surface area contributed by atoms with Gasteiger partial charge in [0.2, 0.25) is 5.91 Å².